The predicted octanol–water partition coefficient (Wildman–Crippen LogP) is 3.99. The van der Waals surface area contributed by atoms with Crippen LogP contribution in [0.15, 0.2) is 42.5 Å². The van der Waals surface area contributed by atoms with E-state index in [2.05, 4.69) is 5.32 Å². The van der Waals surface area contributed by atoms with Crippen molar-refractivity contribution in [3.8, 4) is 5.75 Å². The summed E-state index contributed by atoms with van der Waals surface area (Å²) in [6, 6.07) is 13.4. The van der Waals surface area contributed by atoms with E-state index in [1.165, 1.54) is 0 Å². The van der Waals surface area contributed by atoms with Crippen molar-refractivity contribution in [1.82, 2.24) is 5.32 Å². The van der Waals surface area contributed by atoms with Crippen molar-refractivity contribution in [3.05, 3.63) is 65.0 Å². The van der Waals surface area contributed by atoms with Crippen LogP contribution in [-0.2, 0) is 6.54 Å². The molecule has 2 aromatic rings. The lowest BCUT2D eigenvalue weighted by atomic mass is 10.1. The van der Waals surface area contributed by atoms with Gasteiger partial charge in [0, 0.05) is 12.6 Å². The first-order valence-electron chi connectivity index (χ1n) is 6.72. The molecule has 0 radical (unpaired) electrons. The van der Waals surface area contributed by atoms with Gasteiger partial charge in [0.1, 0.15) is 11.6 Å². The molecule has 1 atom stereocenters. The Kier molecular flexibility index (Phi) is 4.74. The number of benzene rings is 2. The van der Waals surface area contributed by atoms with Gasteiger partial charge in [-0.3, -0.25) is 0 Å². The van der Waals surface area contributed by atoms with Crippen molar-refractivity contribution in [2.24, 2.45) is 0 Å². The van der Waals surface area contributed by atoms with E-state index in [9.17, 15) is 4.39 Å². The van der Waals surface area contributed by atoms with E-state index in [-0.39, 0.29) is 11.9 Å². The van der Waals surface area contributed by atoms with E-state index in [4.69, 9.17) is 4.74 Å². The predicted molar refractivity (Wildman–Crippen MR) is 79.4 cm³/mol. The number of halogens is 1. The highest BCUT2D eigenvalue weighted by Gasteiger charge is 2.07. The van der Waals surface area contributed by atoms with Gasteiger partial charge in [0.15, 0.2) is 0 Å². The van der Waals surface area contributed by atoms with Crippen LogP contribution in [0.5, 0.6) is 5.75 Å². The van der Waals surface area contributed by atoms with Crippen molar-refractivity contribution < 1.29 is 9.13 Å². The Morgan fingerprint density at radius 1 is 1.20 bits per heavy atom. The number of aryl methyl sites for hydroxylation is 1. The Hall–Kier alpha value is -1.87. The van der Waals surface area contributed by atoms with Crippen molar-refractivity contribution >= 4 is 0 Å². The van der Waals surface area contributed by atoms with Gasteiger partial charge in [0.05, 0.1) is 7.11 Å². The number of rotatable bonds is 5. The van der Waals surface area contributed by atoms with Crippen LogP contribution in [-0.4, -0.2) is 7.11 Å². The zero-order chi connectivity index (χ0) is 14.5. The van der Waals surface area contributed by atoms with Crippen molar-refractivity contribution in [2.75, 3.05) is 7.11 Å². The maximum Gasteiger partial charge on any atom is 0.126 e. The first-order chi connectivity index (χ1) is 9.60. The fraction of sp³-hybridized carbons (Fsp3) is 0.294. The summed E-state index contributed by atoms with van der Waals surface area (Å²) in [7, 11) is 1.66. The molecular weight excluding hydrogens is 253 g/mol. The molecular formula is C17H20FNO. The molecule has 20 heavy (non-hydrogen) atoms. The summed E-state index contributed by atoms with van der Waals surface area (Å²) < 4.78 is 18.8. The molecule has 0 fully saturated rings. The van der Waals surface area contributed by atoms with Crippen molar-refractivity contribution in [1.29, 1.82) is 0 Å². The molecule has 2 nitrogen and oxygen atoms in total. The minimum absolute atomic E-state index is 0.0938. The van der Waals surface area contributed by atoms with Crippen LogP contribution in [0.4, 0.5) is 4.39 Å². The van der Waals surface area contributed by atoms with Crippen LogP contribution in [0.3, 0.4) is 0 Å². The molecule has 1 N–H and O–H groups in total. The number of hydrogen-bond donors (Lipinski definition) is 1. The fourth-order valence-corrected chi connectivity index (χ4v) is 2.05. The summed E-state index contributed by atoms with van der Waals surface area (Å²) in [5.41, 5.74) is 2.77. The molecule has 3 heteroatoms. The molecule has 2 aromatic carbocycles. The van der Waals surface area contributed by atoms with Gasteiger partial charge in [-0.2, -0.15) is 0 Å². The standard InChI is InChI=1S/C17H20FNO/c1-12-7-8-15(10-17(12)18)13(2)19-11-14-5-4-6-16(9-14)20-3/h4-10,13,19H,11H2,1-3H3. The average molecular weight is 273 g/mol. The number of nitrogens with one attached hydrogen (secondary N) is 1. The van der Waals surface area contributed by atoms with Crippen molar-refractivity contribution in [3.63, 3.8) is 0 Å². The maximum atomic E-state index is 13.6. The normalized spacial score (nSPS) is 12.2. The molecule has 0 aliphatic heterocycles. The highest BCUT2D eigenvalue weighted by Crippen LogP contribution is 2.18. The summed E-state index contributed by atoms with van der Waals surface area (Å²) in [6.07, 6.45) is 0. The van der Waals surface area contributed by atoms with Gasteiger partial charge in [-0.15, -0.1) is 0 Å². The van der Waals surface area contributed by atoms with Gasteiger partial charge in [-0.25, -0.2) is 4.39 Å². The molecule has 0 heterocycles. The number of ether oxygens (including phenoxy) is 1. The van der Waals surface area contributed by atoms with Crippen LogP contribution < -0.4 is 10.1 Å². The highest BCUT2D eigenvalue weighted by atomic mass is 19.1. The first-order valence-corrected chi connectivity index (χ1v) is 6.72. The van der Waals surface area contributed by atoms with Crippen LogP contribution in [0.25, 0.3) is 0 Å². The van der Waals surface area contributed by atoms with Crippen molar-refractivity contribution in [2.45, 2.75) is 26.4 Å². The monoisotopic (exact) mass is 273 g/mol. The summed E-state index contributed by atoms with van der Waals surface area (Å²) in [6.45, 7) is 4.52. The largest absolute Gasteiger partial charge is 0.497 e. The van der Waals surface area contributed by atoms with E-state index in [0.717, 1.165) is 16.9 Å². The minimum atomic E-state index is -0.155. The Balaban J connectivity index is 2.00. The molecule has 0 aliphatic rings. The van der Waals surface area contributed by atoms with E-state index >= 15 is 0 Å². The summed E-state index contributed by atoms with van der Waals surface area (Å²) in [5.74, 6) is 0.691. The summed E-state index contributed by atoms with van der Waals surface area (Å²) in [5, 5.41) is 3.39. The maximum absolute atomic E-state index is 13.6. The molecule has 0 spiro atoms. The van der Waals surface area contributed by atoms with Gasteiger partial charge in [0.2, 0.25) is 0 Å². The Morgan fingerprint density at radius 3 is 2.70 bits per heavy atom. The molecule has 0 bridgehead atoms. The van der Waals surface area contributed by atoms with Gasteiger partial charge >= 0.3 is 0 Å². The Bertz CT molecular complexity index is 583. The molecule has 1 unspecified atom stereocenters. The second-order valence-electron chi connectivity index (χ2n) is 4.96. The quantitative estimate of drug-likeness (QED) is 0.889. The lowest BCUT2D eigenvalue weighted by Crippen LogP contribution is -2.18. The van der Waals surface area contributed by atoms with Crippen LogP contribution in [0.1, 0.15) is 29.7 Å². The zero-order valence-electron chi connectivity index (χ0n) is 12.1. The van der Waals surface area contributed by atoms with E-state index in [1.54, 1.807) is 20.1 Å². The lowest BCUT2D eigenvalue weighted by Gasteiger charge is -2.15. The second kappa shape index (κ2) is 6.53. The second-order valence-corrected chi connectivity index (χ2v) is 4.96. The average Bonchev–Trinajstić information content (AvgIpc) is 2.47. The third-order valence-electron chi connectivity index (χ3n) is 3.44. The lowest BCUT2D eigenvalue weighted by molar-refractivity contribution is 0.414. The number of methoxy groups -OCH3 is 1. The molecule has 0 aliphatic carbocycles. The van der Waals surface area contributed by atoms with Gasteiger partial charge in [0.25, 0.3) is 0 Å². The Morgan fingerprint density at radius 2 is 2.00 bits per heavy atom. The highest BCUT2D eigenvalue weighted by molar-refractivity contribution is 5.29. The molecule has 0 aromatic heterocycles. The fourth-order valence-electron chi connectivity index (χ4n) is 2.05. The molecule has 0 saturated carbocycles. The minimum Gasteiger partial charge on any atom is -0.497 e. The van der Waals surface area contributed by atoms with Gasteiger partial charge < -0.3 is 10.1 Å². The zero-order valence-corrected chi connectivity index (χ0v) is 12.1. The third kappa shape index (κ3) is 3.58. The molecule has 106 valence electrons. The summed E-state index contributed by atoms with van der Waals surface area (Å²) in [4.78, 5) is 0. The number of hydrogen-bond acceptors (Lipinski definition) is 2. The van der Waals surface area contributed by atoms with E-state index in [1.807, 2.05) is 43.3 Å². The van der Waals surface area contributed by atoms with Crippen LogP contribution in [0.2, 0.25) is 0 Å². The third-order valence-corrected chi connectivity index (χ3v) is 3.44. The Labute approximate surface area is 119 Å². The van der Waals surface area contributed by atoms with Crippen LogP contribution in [0, 0.1) is 12.7 Å². The van der Waals surface area contributed by atoms with Crippen LogP contribution >= 0.6 is 0 Å². The van der Waals surface area contributed by atoms with Gasteiger partial charge in [-0.1, -0.05) is 24.3 Å². The molecule has 0 amide bonds. The summed E-state index contributed by atoms with van der Waals surface area (Å²) >= 11 is 0. The van der Waals surface area contributed by atoms with E-state index < -0.39 is 0 Å². The smallest absolute Gasteiger partial charge is 0.126 e. The van der Waals surface area contributed by atoms with E-state index in [0.29, 0.717) is 12.1 Å². The molecule has 0 saturated heterocycles. The molecule has 2 rings (SSSR count). The topological polar surface area (TPSA) is 21.3 Å². The van der Waals surface area contributed by atoms with Gasteiger partial charge in [-0.05, 0) is 48.7 Å². The first kappa shape index (κ1) is 14.5. The SMILES string of the molecule is COc1cccc(CNC(C)c2ccc(C)c(F)c2)c1.